The van der Waals surface area contributed by atoms with Gasteiger partial charge in [0.05, 0.1) is 26.7 Å². The molecule has 1 aromatic heterocycles. The number of carboxylic acids is 1. The lowest BCUT2D eigenvalue weighted by atomic mass is 9.89. The van der Waals surface area contributed by atoms with Crippen LogP contribution in [0.5, 0.6) is 11.5 Å². The fraction of sp³-hybridized carbons (Fsp3) is 0.273. The molecule has 6 nitrogen and oxygen atoms in total. The van der Waals surface area contributed by atoms with Crippen LogP contribution in [-0.4, -0.2) is 42.6 Å². The second-order valence-electron chi connectivity index (χ2n) is 6.94. The predicted molar refractivity (Wildman–Crippen MR) is 111 cm³/mol. The van der Waals surface area contributed by atoms with Gasteiger partial charge in [0.2, 0.25) is 0 Å². The second kappa shape index (κ2) is 7.75. The number of nitrogens with zero attached hydrogens (tertiary/aromatic N) is 1. The number of hydrogen-bond acceptors (Lipinski definition) is 5. The average Bonchev–Trinajstić information content (AvgIpc) is 3.20. The lowest BCUT2D eigenvalue weighted by molar-refractivity contribution is -0.138. The fourth-order valence-electron chi connectivity index (χ4n) is 3.92. The van der Waals surface area contributed by atoms with E-state index in [1.807, 2.05) is 35.7 Å². The lowest BCUT2D eigenvalue weighted by Crippen LogP contribution is -2.41. The van der Waals surface area contributed by atoms with Crippen molar-refractivity contribution in [3.63, 3.8) is 0 Å². The van der Waals surface area contributed by atoms with Crippen molar-refractivity contribution in [2.45, 2.75) is 18.9 Å². The van der Waals surface area contributed by atoms with Gasteiger partial charge in [-0.1, -0.05) is 0 Å². The van der Waals surface area contributed by atoms with Crippen molar-refractivity contribution >= 4 is 33.3 Å². The van der Waals surface area contributed by atoms with Gasteiger partial charge in [0.15, 0.2) is 11.5 Å². The van der Waals surface area contributed by atoms with Crippen LogP contribution in [-0.2, 0) is 11.2 Å². The predicted octanol–water partition coefficient (Wildman–Crippen LogP) is 4.13. The van der Waals surface area contributed by atoms with Crippen LogP contribution in [0.1, 0.15) is 33.9 Å². The van der Waals surface area contributed by atoms with E-state index in [9.17, 15) is 14.7 Å². The zero-order valence-corrected chi connectivity index (χ0v) is 17.0. The van der Waals surface area contributed by atoms with Crippen molar-refractivity contribution in [3.05, 3.63) is 58.5 Å². The Balaban J connectivity index is 1.75. The summed E-state index contributed by atoms with van der Waals surface area (Å²) in [4.78, 5) is 26.6. The van der Waals surface area contributed by atoms with Gasteiger partial charge in [-0.3, -0.25) is 9.59 Å². The van der Waals surface area contributed by atoms with Crippen molar-refractivity contribution in [2.24, 2.45) is 0 Å². The Morgan fingerprint density at radius 1 is 1.14 bits per heavy atom. The molecule has 29 heavy (non-hydrogen) atoms. The molecular weight excluding hydrogens is 390 g/mol. The molecule has 4 rings (SSSR count). The minimum atomic E-state index is -0.955. The number of carbonyl (C=O) groups is 2. The van der Waals surface area contributed by atoms with Gasteiger partial charge < -0.3 is 19.5 Å². The van der Waals surface area contributed by atoms with E-state index >= 15 is 0 Å². The second-order valence-corrected chi connectivity index (χ2v) is 7.89. The largest absolute Gasteiger partial charge is 0.493 e. The summed E-state index contributed by atoms with van der Waals surface area (Å²) in [7, 11) is 3.11. The molecule has 0 fully saturated rings. The number of amides is 1. The van der Waals surface area contributed by atoms with Crippen LogP contribution in [0.25, 0.3) is 10.1 Å². The summed E-state index contributed by atoms with van der Waals surface area (Å²) in [5, 5.41) is 12.5. The summed E-state index contributed by atoms with van der Waals surface area (Å²) in [5.41, 5.74) is 2.34. The van der Waals surface area contributed by atoms with Crippen LogP contribution in [0.4, 0.5) is 0 Å². The van der Waals surface area contributed by atoms with Crippen molar-refractivity contribution < 1.29 is 24.2 Å². The molecular formula is C22H21NO5S. The normalized spacial score (nSPS) is 15.8. The lowest BCUT2D eigenvalue weighted by Gasteiger charge is -2.37. The highest BCUT2D eigenvalue weighted by Crippen LogP contribution is 2.40. The molecule has 0 bridgehead atoms. The monoisotopic (exact) mass is 411 g/mol. The molecule has 1 unspecified atom stereocenters. The van der Waals surface area contributed by atoms with E-state index in [4.69, 9.17) is 9.47 Å². The molecule has 1 atom stereocenters. The van der Waals surface area contributed by atoms with Gasteiger partial charge in [-0.2, -0.15) is 0 Å². The third-order valence-corrected chi connectivity index (χ3v) is 6.23. The minimum absolute atomic E-state index is 0.162. The first-order chi connectivity index (χ1) is 14.0. The molecule has 0 spiro atoms. The summed E-state index contributed by atoms with van der Waals surface area (Å²) in [6, 6.07) is 10.7. The number of rotatable bonds is 5. The fourth-order valence-corrected chi connectivity index (χ4v) is 4.69. The van der Waals surface area contributed by atoms with Crippen molar-refractivity contribution in [3.8, 4) is 11.5 Å². The van der Waals surface area contributed by atoms with Crippen LogP contribution in [0.2, 0.25) is 0 Å². The van der Waals surface area contributed by atoms with E-state index in [-0.39, 0.29) is 12.3 Å². The molecule has 1 amide bonds. The Morgan fingerprint density at radius 2 is 1.90 bits per heavy atom. The van der Waals surface area contributed by atoms with Crippen LogP contribution in [0.15, 0.2) is 41.8 Å². The van der Waals surface area contributed by atoms with Gasteiger partial charge in [-0.15, -0.1) is 11.3 Å². The number of hydrogen-bond donors (Lipinski definition) is 1. The quantitative estimate of drug-likeness (QED) is 0.683. The molecule has 7 heteroatoms. The van der Waals surface area contributed by atoms with Crippen LogP contribution < -0.4 is 9.47 Å². The Hall–Kier alpha value is -3.06. The minimum Gasteiger partial charge on any atom is -0.493 e. The van der Waals surface area contributed by atoms with Gasteiger partial charge in [0.25, 0.3) is 5.91 Å². The highest BCUT2D eigenvalue weighted by molar-refractivity contribution is 7.17. The number of carbonyl (C=O) groups excluding carboxylic acids is 1. The maximum atomic E-state index is 13.3. The van der Waals surface area contributed by atoms with Gasteiger partial charge in [-0.25, -0.2) is 0 Å². The summed E-state index contributed by atoms with van der Waals surface area (Å²) in [6.07, 6.45) is 0.452. The first-order valence-electron chi connectivity index (χ1n) is 9.26. The van der Waals surface area contributed by atoms with E-state index in [1.165, 1.54) is 7.11 Å². The summed E-state index contributed by atoms with van der Waals surface area (Å²) in [6.45, 7) is 0.445. The SMILES string of the molecule is COc1cc2c(cc1OC)C(CC(=O)O)N(C(=O)c1ccc3sccc3c1)CC2. The molecule has 2 aromatic carbocycles. The van der Waals surface area contributed by atoms with E-state index in [2.05, 4.69) is 0 Å². The highest BCUT2D eigenvalue weighted by Gasteiger charge is 2.34. The number of fused-ring (bicyclic) bond motifs is 2. The third-order valence-electron chi connectivity index (χ3n) is 5.33. The van der Waals surface area contributed by atoms with Crippen molar-refractivity contribution in [1.82, 2.24) is 4.90 Å². The maximum Gasteiger partial charge on any atom is 0.305 e. The van der Waals surface area contributed by atoms with Crippen molar-refractivity contribution in [2.75, 3.05) is 20.8 Å². The van der Waals surface area contributed by atoms with E-state index in [0.717, 1.165) is 21.2 Å². The number of aliphatic carboxylic acids is 1. The molecule has 1 aliphatic rings. The van der Waals surface area contributed by atoms with Crippen LogP contribution in [0, 0.1) is 0 Å². The van der Waals surface area contributed by atoms with E-state index in [0.29, 0.717) is 30.0 Å². The molecule has 0 saturated heterocycles. The zero-order chi connectivity index (χ0) is 20.5. The van der Waals surface area contributed by atoms with Gasteiger partial charge in [0.1, 0.15) is 0 Å². The number of methoxy groups -OCH3 is 2. The maximum absolute atomic E-state index is 13.3. The summed E-state index contributed by atoms with van der Waals surface area (Å²) < 4.78 is 11.9. The van der Waals surface area contributed by atoms with Gasteiger partial charge >= 0.3 is 5.97 Å². The molecule has 1 aliphatic heterocycles. The Kier molecular flexibility index (Phi) is 5.15. The molecule has 150 valence electrons. The van der Waals surface area contributed by atoms with Gasteiger partial charge in [-0.05, 0) is 64.7 Å². The first-order valence-corrected chi connectivity index (χ1v) is 10.1. The third kappa shape index (κ3) is 3.53. The highest BCUT2D eigenvalue weighted by atomic mass is 32.1. The summed E-state index contributed by atoms with van der Waals surface area (Å²) in [5.74, 6) is 0.00662. The Bertz CT molecular complexity index is 1090. The zero-order valence-electron chi connectivity index (χ0n) is 16.2. The molecule has 1 N–H and O–H groups in total. The van der Waals surface area contributed by atoms with E-state index < -0.39 is 12.0 Å². The smallest absolute Gasteiger partial charge is 0.305 e. The van der Waals surface area contributed by atoms with Crippen LogP contribution >= 0.6 is 11.3 Å². The van der Waals surface area contributed by atoms with Crippen LogP contribution in [0.3, 0.4) is 0 Å². The molecule has 0 saturated carbocycles. The average molecular weight is 411 g/mol. The van der Waals surface area contributed by atoms with Crippen molar-refractivity contribution in [1.29, 1.82) is 0 Å². The molecule has 0 radical (unpaired) electrons. The topological polar surface area (TPSA) is 76.1 Å². The number of ether oxygens (including phenoxy) is 2. The molecule has 3 aromatic rings. The first kappa shape index (κ1) is 19.3. The van der Waals surface area contributed by atoms with E-state index in [1.54, 1.807) is 29.4 Å². The van der Waals surface area contributed by atoms with Gasteiger partial charge in [0, 0.05) is 16.8 Å². The number of thiophene rings is 1. The summed E-state index contributed by atoms with van der Waals surface area (Å²) >= 11 is 1.62. The Morgan fingerprint density at radius 3 is 2.62 bits per heavy atom. The number of carboxylic acid groups (broad SMARTS) is 1. The Labute approximate surface area is 172 Å². The molecule has 0 aliphatic carbocycles. The standard InChI is InChI=1S/C22H21NO5S/c1-27-18-10-13-5-7-23(17(12-21(24)25)16(13)11-19(18)28-2)22(26)15-3-4-20-14(9-15)6-8-29-20/h3-4,6,8-11,17H,5,7,12H2,1-2H3,(H,24,25). The molecule has 2 heterocycles. The number of benzene rings is 2.